The van der Waals surface area contributed by atoms with Gasteiger partial charge in [-0.3, -0.25) is 9.89 Å². The molecule has 4 rings (SSSR count). The highest BCUT2D eigenvalue weighted by Crippen LogP contribution is 2.28. The molecule has 24 heavy (non-hydrogen) atoms. The summed E-state index contributed by atoms with van der Waals surface area (Å²) in [5.74, 6) is -0.264. The number of hydrogen-bond acceptors (Lipinski definition) is 4. The molecule has 0 bridgehead atoms. The normalized spacial score (nSPS) is 15.4. The van der Waals surface area contributed by atoms with Gasteiger partial charge in [-0.2, -0.15) is 5.10 Å². The molecule has 0 aliphatic carbocycles. The van der Waals surface area contributed by atoms with E-state index in [1.165, 1.54) is 0 Å². The Kier molecular flexibility index (Phi) is 3.36. The Balaban J connectivity index is 1.66. The summed E-state index contributed by atoms with van der Waals surface area (Å²) >= 11 is 6.04. The summed E-state index contributed by atoms with van der Waals surface area (Å²) in [7, 11) is -3.07. The van der Waals surface area contributed by atoms with E-state index in [9.17, 15) is 13.2 Å². The van der Waals surface area contributed by atoms with Crippen molar-refractivity contribution in [3.63, 3.8) is 0 Å². The zero-order valence-electron chi connectivity index (χ0n) is 12.3. The van der Waals surface area contributed by atoms with Gasteiger partial charge in [0.1, 0.15) is 0 Å². The van der Waals surface area contributed by atoms with Gasteiger partial charge >= 0.3 is 0 Å². The van der Waals surface area contributed by atoms with Gasteiger partial charge in [-0.25, -0.2) is 8.42 Å². The van der Waals surface area contributed by atoms with E-state index < -0.39 is 9.84 Å². The van der Waals surface area contributed by atoms with E-state index in [0.29, 0.717) is 27.2 Å². The lowest BCUT2D eigenvalue weighted by molar-refractivity contribution is 0.102. The van der Waals surface area contributed by atoms with Crippen LogP contribution in [0.1, 0.15) is 21.5 Å². The Labute approximate surface area is 142 Å². The van der Waals surface area contributed by atoms with Crippen molar-refractivity contribution in [3.8, 4) is 0 Å². The highest BCUT2D eigenvalue weighted by atomic mass is 35.5. The predicted octanol–water partition coefficient (Wildman–Crippen LogP) is 2.90. The van der Waals surface area contributed by atoms with Crippen LogP contribution in [0.5, 0.6) is 0 Å². The van der Waals surface area contributed by atoms with Gasteiger partial charge in [0.25, 0.3) is 5.91 Å². The summed E-state index contributed by atoms with van der Waals surface area (Å²) in [6.45, 7) is 0. The molecule has 0 saturated carbocycles. The fraction of sp³-hybridized carbons (Fsp3) is 0.125. The van der Waals surface area contributed by atoms with Crippen molar-refractivity contribution in [1.82, 2.24) is 10.2 Å². The molecule has 2 aromatic carbocycles. The zero-order valence-corrected chi connectivity index (χ0v) is 13.9. The fourth-order valence-corrected chi connectivity index (χ4v) is 4.72. The Bertz CT molecular complexity index is 1090. The molecule has 1 aliphatic rings. The topological polar surface area (TPSA) is 91.9 Å². The second-order valence-electron chi connectivity index (χ2n) is 5.75. The Morgan fingerprint density at radius 1 is 1.17 bits per heavy atom. The maximum atomic E-state index is 12.6. The van der Waals surface area contributed by atoms with E-state index in [-0.39, 0.29) is 17.4 Å². The second kappa shape index (κ2) is 5.32. The zero-order chi connectivity index (χ0) is 16.9. The number of carbonyl (C=O) groups excluding carboxylic acids is 1. The standard InChI is InChI=1S/C16H12ClN3O3S/c17-11-4-13(14-6-18-20-15(14)5-11)16(21)19-12-2-1-9-7-24(22,23)8-10(9)3-12/h1-6H,7-8H2,(H,18,20)(H,19,21). The van der Waals surface area contributed by atoms with Crippen LogP contribution in [-0.4, -0.2) is 24.5 Å². The minimum absolute atomic E-state index is 0.00911. The van der Waals surface area contributed by atoms with Crippen LogP contribution in [0.3, 0.4) is 0 Å². The molecule has 0 spiro atoms. The van der Waals surface area contributed by atoms with Crippen LogP contribution in [-0.2, 0) is 21.3 Å². The van der Waals surface area contributed by atoms with E-state index in [1.54, 1.807) is 36.5 Å². The number of nitrogens with zero attached hydrogens (tertiary/aromatic N) is 1. The molecule has 122 valence electrons. The molecule has 1 aliphatic heterocycles. The number of benzene rings is 2. The molecular weight excluding hydrogens is 350 g/mol. The van der Waals surface area contributed by atoms with Crippen LogP contribution in [0.25, 0.3) is 10.9 Å². The minimum atomic E-state index is -3.07. The Morgan fingerprint density at radius 3 is 2.79 bits per heavy atom. The maximum absolute atomic E-state index is 12.6. The number of sulfone groups is 1. The lowest BCUT2D eigenvalue weighted by atomic mass is 10.1. The van der Waals surface area contributed by atoms with E-state index in [4.69, 9.17) is 11.6 Å². The van der Waals surface area contributed by atoms with Gasteiger partial charge in [0, 0.05) is 16.1 Å². The molecular formula is C16H12ClN3O3S. The summed E-state index contributed by atoms with van der Waals surface area (Å²) in [5.41, 5.74) is 3.14. The molecule has 1 aromatic heterocycles. The van der Waals surface area contributed by atoms with E-state index in [0.717, 1.165) is 11.1 Å². The largest absolute Gasteiger partial charge is 0.322 e. The number of nitrogens with one attached hydrogen (secondary N) is 2. The number of halogens is 1. The van der Waals surface area contributed by atoms with Gasteiger partial charge in [-0.15, -0.1) is 0 Å². The van der Waals surface area contributed by atoms with Gasteiger partial charge in [-0.05, 0) is 35.4 Å². The van der Waals surface area contributed by atoms with Crippen molar-refractivity contribution >= 4 is 43.9 Å². The minimum Gasteiger partial charge on any atom is -0.322 e. The fourth-order valence-electron chi connectivity index (χ4n) is 2.91. The summed E-state index contributed by atoms with van der Waals surface area (Å²) in [4.78, 5) is 12.6. The average Bonchev–Trinajstić information content (AvgIpc) is 3.07. The maximum Gasteiger partial charge on any atom is 0.256 e. The lowest BCUT2D eigenvalue weighted by Crippen LogP contribution is -2.12. The number of hydrogen-bond donors (Lipinski definition) is 2. The van der Waals surface area contributed by atoms with Gasteiger partial charge in [-0.1, -0.05) is 17.7 Å². The first-order valence-electron chi connectivity index (χ1n) is 7.17. The molecule has 2 heterocycles. The number of amides is 1. The van der Waals surface area contributed by atoms with Crippen LogP contribution in [0, 0.1) is 0 Å². The molecule has 1 amide bonds. The molecule has 8 heteroatoms. The number of H-pyrrole nitrogens is 1. The first-order valence-corrected chi connectivity index (χ1v) is 9.37. The van der Waals surface area contributed by atoms with Crippen LogP contribution < -0.4 is 5.32 Å². The van der Waals surface area contributed by atoms with Crippen LogP contribution >= 0.6 is 11.6 Å². The molecule has 0 atom stereocenters. The Hall–Kier alpha value is -2.38. The van der Waals surface area contributed by atoms with Crippen LogP contribution in [0.15, 0.2) is 36.5 Å². The highest BCUT2D eigenvalue weighted by molar-refractivity contribution is 7.90. The monoisotopic (exact) mass is 361 g/mol. The molecule has 0 unspecified atom stereocenters. The van der Waals surface area contributed by atoms with Crippen molar-refractivity contribution in [2.75, 3.05) is 5.32 Å². The molecule has 0 fully saturated rings. The van der Waals surface area contributed by atoms with Crippen LogP contribution in [0.4, 0.5) is 5.69 Å². The number of aromatic nitrogens is 2. The molecule has 2 N–H and O–H groups in total. The third-order valence-corrected chi connectivity index (χ3v) is 5.70. The first kappa shape index (κ1) is 15.2. The Morgan fingerprint density at radius 2 is 1.96 bits per heavy atom. The smallest absolute Gasteiger partial charge is 0.256 e. The van der Waals surface area contributed by atoms with Crippen LogP contribution in [0.2, 0.25) is 5.02 Å². The van der Waals surface area contributed by atoms with E-state index in [1.807, 2.05) is 0 Å². The number of aromatic amines is 1. The number of carbonyl (C=O) groups is 1. The summed E-state index contributed by atoms with van der Waals surface area (Å²) < 4.78 is 23.4. The summed E-state index contributed by atoms with van der Waals surface area (Å²) in [5, 5.41) is 10.6. The average molecular weight is 362 g/mol. The number of fused-ring (bicyclic) bond motifs is 2. The van der Waals surface area contributed by atoms with Gasteiger partial charge in [0.2, 0.25) is 0 Å². The molecule has 3 aromatic rings. The second-order valence-corrected chi connectivity index (χ2v) is 8.26. The van der Waals surface area contributed by atoms with Gasteiger partial charge < -0.3 is 5.32 Å². The molecule has 0 saturated heterocycles. The van der Waals surface area contributed by atoms with Crippen molar-refractivity contribution in [1.29, 1.82) is 0 Å². The van der Waals surface area contributed by atoms with E-state index >= 15 is 0 Å². The van der Waals surface area contributed by atoms with E-state index in [2.05, 4.69) is 15.5 Å². The van der Waals surface area contributed by atoms with Gasteiger partial charge in [0.15, 0.2) is 9.84 Å². The van der Waals surface area contributed by atoms with Crippen molar-refractivity contribution in [3.05, 3.63) is 58.2 Å². The summed E-state index contributed by atoms with van der Waals surface area (Å²) in [6.07, 6.45) is 1.57. The quantitative estimate of drug-likeness (QED) is 0.734. The molecule has 0 radical (unpaired) electrons. The van der Waals surface area contributed by atoms with Gasteiger partial charge in [0.05, 0.1) is 28.8 Å². The number of anilines is 1. The summed E-state index contributed by atoms with van der Waals surface area (Å²) in [6, 6.07) is 8.41. The predicted molar refractivity (Wildman–Crippen MR) is 91.8 cm³/mol. The van der Waals surface area contributed by atoms with Crippen molar-refractivity contribution in [2.24, 2.45) is 0 Å². The third kappa shape index (κ3) is 2.65. The molecule has 6 nitrogen and oxygen atoms in total. The first-order chi connectivity index (χ1) is 11.4. The van der Waals surface area contributed by atoms with Crippen molar-refractivity contribution < 1.29 is 13.2 Å². The third-order valence-electron chi connectivity index (χ3n) is 3.98. The van der Waals surface area contributed by atoms with Crippen molar-refractivity contribution in [2.45, 2.75) is 11.5 Å². The highest BCUT2D eigenvalue weighted by Gasteiger charge is 2.25. The number of rotatable bonds is 2. The SMILES string of the molecule is O=C(Nc1ccc2c(c1)CS(=O)(=O)C2)c1cc(Cl)cc2[nH]ncc12. The lowest BCUT2D eigenvalue weighted by Gasteiger charge is -2.08.